The Bertz CT molecular complexity index is 501. The van der Waals surface area contributed by atoms with Crippen LogP contribution in [0.3, 0.4) is 0 Å². The fourth-order valence-electron chi connectivity index (χ4n) is 1.87. The molecule has 1 atom stereocenters. The number of benzene rings is 1. The number of thioether (sulfide) groups is 1. The third-order valence-electron chi connectivity index (χ3n) is 2.97. The Hall–Kier alpha value is -1.33. The number of nitrogens with zero attached hydrogens (tertiary/aromatic N) is 2. The SMILES string of the molecule is CCCSCc1noc(C(N)CCc2ccccc2)n1. The third-order valence-corrected chi connectivity index (χ3v) is 4.13. The van der Waals surface area contributed by atoms with Crippen LogP contribution in [-0.4, -0.2) is 15.9 Å². The molecular formula is C15H21N3OS. The van der Waals surface area contributed by atoms with Gasteiger partial charge in [0.2, 0.25) is 5.89 Å². The molecule has 2 rings (SSSR count). The zero-order chi connectivity index (χ0) is 14.2. The van der Waals surface area contributed by atoms with Crippen molar-refractivity contribution in [2.75, 3.05) is 5.75 Å². The van der Waals surface area contributed by atoms with Gasteiger partial charge in [-0.05, 0) is 30.6 Å². The van der Waals surface area contributed by atoms with E-state index in [4.69, 9.17) is 10.3 Å². The van der Waals surface area contributed by atoms with Crippen LogP contribution in [0, 0.1) is 0 Å². The highest BCUT2D eigenvalue weighted by Gasteiger charge is 2.14. The summed E-state index contributed by atoms with van der Waals surface area (Å²) >= 11 is 1.82. The van der Waals surface area contributed by atoms with E-state index in [1.54, 1.807) is 0 Å². The number of nitrogens with two attached hydrogens (primary N) is 1. The molecule has 4 nitrogen and oxygen atoms in total. The van der Waals surface area contributed by atoms with Gasteiger partial charge in [0, 0.05) is 0 Å². The summed E-state index contributed by atoms with van der Waals surface area (Å²) in [4.78, 5) is 4.37. The Labute approximate surface area is 124 Å². The molecule has 1 aromatic heterocycles. The molecule has 1 heterocycles. The predicted octanol–water partition coefficient (Wildman–Crippen LogP) is 3.35. The van der Waals surface area contributed by atoms with Gasteiger partial charge in [0.25, 0.3) is 0 Å². The van der Waals surface area contributed by atoms with Crippen LogP contribution >= 0.6 is 11.8 Å². The predicted molar refractivity (Wildman–Crippen MR) is 82.4 cm³/mol. The summed E-state index contributed by atoms with van der Waals surface area (Å²) in [5, 5.41) is 3.98. The minimum absolute atomic E-state index is 0.187. The van der Waals surface area contributed by atoms with Crippen LogP contribution in [0.4, 0.5) is 0 Å². The average molecular weight is 291 g/mol. The zero-order valence-electron chi connectivity index (χ0n) is 11.8. The van der Waals surface area contributed by atoms with Crippen molar-refractivity contribution in [2.45, 2.75) is 38.0 Å². The topological polar surface area (TPSA) is 64.9 Å². The molecule has 0 radical (unpaired) electrons. The smallest absolute Gasteiger partial charge is 0.243 e. The van der Waals surface area contributed by atoms with E-state index in [2.05, 4.69) is 29.2 Å². The minimum Gasteiger partial charge on any atom is -0.338 e. The first-order valence-corrected chi connectivity index (χ1v) is 8.14. The fourth-order valence-corrected chi connectivity index (χ4v) is 2.61. The molecule has 0 aliphatic rings. The molecule has 0 saturated carbocycles. The van der Waals surface area contributed by atoms with Crippen molar-refractivity contribution in [2.24, 2.45) is 5.73 Å². The van der Waals surface area contributed by atoms with Gasteiger partial charge in [0.1, 0.15) is 0 Å². The second kappa shape index (κ2) is 8.07. The Morgan fingerprint density at radius 3 is 2.85 bits per heavy atom. The van der Waals surface area contributed by atoms with Crippen molar-refractivity contribution in [1.29, 1.82) is 0 Å². The van der Waals surface area contributed by atoms with Gasteiger partial charge >= 0.3 is 0 Å². The maximum absolute atomic E-state index is 6.11. The van der Waals surface area contributed by atoms with Gasteiger partial charge in [0.05, 0.1) is 11.8 Å². The first-order chi connectivity index (χ1) is 9.79. The number of aromatic nitrogens is 2. The highest BCUT2D eigenvalue weighted by Crippen LogP contribution is 2.17. The highest BCUT2D eigenvalue weighted by atomic mass is 32.2. The van der Waals surface area contributed by atoms with Gasteiger partial charge in [0.15, 0.2) is 5.82 Å². The molecule has 0 spiro atoms. The molecular weight excluding hydrogens is 270 g/mol. The molecule has 20 heavy (non-hydrogen) atoms. The quantitative estimate of drug-likeness (QED) is 0.756. The van der Waals surface area contributed by atoms with Gasteiger partial charge in [-0.3, -0.25) is 0 Å². The Balaban J connectivity index is 1.81. The molecule has 0 saturated heterocycles. The van der Waals surface area contributed by atoms with E-state index in [-0.39, 0.29) is 6.04 Å². The summed E-state index contributed by atoms with van der Waals surface area (Å²) < 4.78 is 5.25. The van der Waals surface area contributed by atoms with Crippen LogP contribution in [0.25, 0.3) is 0 Å². The summed E-state index contributed by atoms with van der Waals surface area (Å²) in [6.45, 7) is 2.16. The van der Waals surface area contributed by atoms with E-state index < -0.39 is 0 Å². The third kappa shape index (κ3) is 4.65. The Morgan fingerprint density at radius 2 is 2.10 bits per heavy atom. The largest absolute Gasteiger partial charge is 0.338 e. The van der Waals surface area contributed by atoms with Crippen LogP contribution < -0.4 is 5.73 Å². The lowest BCUT2D eigenvalue weighted by molar-refractivity contribution is 0.346. The van der Waals surface area contributed by atoms with Crippen LogP contribution in [0.5, 0.6) is 0 Å². The average Bonchev–Trinajstić information content (AvgIpc) is 2.95. The van der Waals surface area contributed by atoms with Crippen LogP contribution in [0.2, 0.25) is 0 Å². The minimum atomic E-state index is -0.187. The molecule has 0 aliphatic carbocycles. The normalized spacial score (nSPS) is 12.5. The van der Waals surface area contributed by atoms with Crippen LogP contribution in [0.1, 0.15) is 43.1 Å². The van der Waals surface area contributed by atoms with Crippen molar-refractivity contribution in [3.8, 4) is 0 Å². The zero-order valence-corrected chi connectivity index (χ0v) is 12.6. The molecule has 108 valence electrons. The monoisotopic (exact) mass is 291 g/mol. The van der Waals surface area contributed by atoms with E-state index in [1.165, 1.54) is 5.56 Å². The molecule has 0 aliphatic heterocycles. The molecule has 0 bridgehead atoms. The standard InChI is InChI=1S/C15H21N3OS/c1-2-10-20-11-14-17-15(19-18-14)13(16)9-8-12-6-4-3-5-7-12/h3-7,13H,2,8-11,16H2,1H3. The lowest BCUT2D eigenvalue weighted by Crippen LogP contribution is -2.11. The number of aryl methyl sites for hydroxylation is 1. The van der Waals surface area contributed by atoms with E-state index in [9.17, 15) is 0 Å². The number of rotatable bonds is 8. The van der Waals surface area contributed by atoms with E-state index >= 15 is 0 Å². The van der Waals surface area contributed by atoms with Gasteiger partial charge in [-0.2, -0.15) is 16.7 Å². The van der Waals surface area contributed by atoms with Gasteiger partial charge in [-0.15, -0.1) is 0 Å². The highest BCUT2D eigenvalue weighted by molar-refractivity contribution is 7.98. The second-order valence-corrected chi connectivity index (χ2v) is 5.84. The van der Waals surface area contributed by atoms with Crippen molar-refractivity contribution < 1.29 is 4.52 Å². The first kappa shape index (κ1) is 15.1. The molecule has 2 aromatic rings. The molecule has 2 N–H and O–H groups in total. The molecule has 1 unspecified atom stereocenters. The maximum Gasteiger partial charge on any atom is 0.243 e. The first-order valence-electron chi connectivity index (χ1n) is 6.99. The van der Waals surface area contributed by atoms with Gasteiger partial charge in [-0.1, -0.05) is 42.4 Å². The molecule has 1 aromatic carbocycles. The fraction of sp³-hybridized carbons (Fsp3) is 0.467. The summed E-state index contributed by atoms with van der Waals surface area (Å²) in [6, 6.07) is 10.1. The Morgan fingerprint density at radius 1 is 1.30 bits per heavy atom. The molecule has 5 heteroatoms. The van der Waals surface area contributed by atoms with Gasteiger partial charge < -0.3 is 10.3 Å². The van der Waals surface area contributed by atoms with E-state index in [1.807, 2.05) is 30.0 Å². The van der Waals surface area contributed by atoms with Crippen molar-refractivity contribution in [3.63, 3.8) is 0 Å². The summed E-state index contributed by atoms with van der Waals surface area (Å²) in [6.07, 6.45) is 2.89. The molecule has 0 fully saturated rings. The lowest BCUT2D eigenvalue weighted by atomic mass is 10.1. The number of hydrogen-bond donors (Lipinski definition) is 1. The Kier molecular flexibility index (Phi) is 6.08. The second-order valence-electron chi connectivity index (χ2n) is 4.73. The van der Waals surface area contributed by atoms with Crippen molar-refractivity contribution in [3.05, 3.63) is 47.6 Å². The van der Waals surface area contributed by atoms with Crippen molar-refractivity contribution >= 4 is 11.8 Å². The van der Waals surface area contributed by atoms with Crippen LogP contribution in [0.15, 0.2) is 34.9 Å². The number of hydrogen-bond acceptors (Lipinski definition) is 5. The van der Waals surface area contributed by atoms with E-state index in [0.29, 0.717) is 5.89 Å². The summed E-state index contributed by atoms with van der Waals surface area (Å²) in [5.74, 6) is 3.20. The molecule has 0 amide bonds. The summed E-state index contributed by atoms with van der Waals surface area (Å²) in [5.41, 5.74) is 7.39. The maximum atomic E-state index is 6.11. The lowest BCUT2D eigenvalue weighted by Gasteiger charge is -2.06. The van der Waals surface area contributed by atoms with Gasteiger partial charge in [-0.25, -0.2) is 0 Å². The summed E-state index contributed by atoms with van der Waals surface area (Å²) in [7, 11) is 0. The van der Waals surface area contributed by atoms with E-state index in [0.717, 1.165) is 36.6 Å². The van der Waals surface area contributed by atoms with Crippen molar-refractivity contribution in [1.82, 2.24) is 10.1 Å². The van der Waals surface area contributed by atoms with Crippen LogP contribution in [-0.2, 0) is 12.2 Å².